The molecule has 0 radical (unpaired) electrons. The number of rotatable bonds is 5. The van der Waals surface area contributed by atoms with Crippen molar-refractivity contribution >= 4 is 17.5 Å². The molecule has 0 aromatic heterocycles. The Hall–Kier alpha value is -1.02. The molecule has 0 spiro atoms. The lowest BCUT2D eigenvalue weighted by Gasteiger charge is -2.12. The number of halogens is 1. The molecule has 3 heteroatoms. The second-order valence-corrected chi connectivity index (χ2v) is 4.98. The average molecular weight is 254 g/mol. The van der Waals surface area contributed by atoms with E-state index in [1.165, 1.54) is 0 Å². The van der Waals surface area contributed by atoms with Gasteiger partial charge in [0.1, 0.15) is 0 Å². The van der Waals surface area contributed by atoms with Crippen LogP contribution in [0, 0.1) is 13.8 Å². The van der Waals surface area contributed by atoms with Crippen molar-refractivity contribution in [2.75, 3.05) is 6.54 Å². The highest BCUT2D eigenvalue weighted by Crippen LogP contribution is 2.13. The quantitative estimate of drug-likeness (QED) is 0.801. The fourth-order valence-electron chi connectivity index (χ4n) is 1.88. The number of carbonyl (C=O) groups is 1. The van der Waals surface area contributed by atoms with Crippen molar-refractivity contribution < 1.29 is 4.79 Å². The lowest BCUT2D eigenvalue weighted by molar-refractivity contribution is 0.0952. The van der Waals surface area contributed by atoms with Crippen molar-refractivity contribution in [1.82, 2.24) is 5.32 Å². The Morgan fingerprint density at radius 1 is 1.35 bits per heavy atom. The Kier molecular flexibility index (Phi) is 5.49. The fraction of sp³-hybridized carbons (Fsp3) is 0.500. The van der Waals surface area contributed by atoms with Crippen LogP contribution in [0.1, 0.15) is 41.3 Å². The van der Waals surface area contributed by atoms with Crippen molar-refractivity contribution in [3.05, 3.63) is 34.9 Å². The molecule has 0 saturated heterocycles. The van der Waals surface area contributed by atoms with Gasteiger partial charge in [0.15, 0.2) is 0 Å². The fourth-order valence-corrected chi connectivity index (χ4v) is 2.18. The van der Waals surface area contributed by atoms with Crippen molar-refractivity contribution in [3.63, 3.8) is 0 Å². The van der Waals surface area contributed by atoms with Gasteiger partial charge in [-0.25, -0.2) is 0 Å². The normalized spacial score (nSPS) is 12.2. The van der Waals surface area contributed by atoms with E-state index < -0.39 is 0 Å². The van der Waals surface area contributed by atoms with E-state index in [0.717, 1.165) is 29.5 Å². The van der Waals surface area contributed by atoms with Gasteiger partial charge >= 0.3 is 0 Å². The number of nitrogens with one attached hydrogen (secondary N) is 1. The Balaban J connectivity index is 2.64. The van der Waals surface area contributed by atoms with Gasteiger partial charge in [0.2, 0.25) is 0 Å². The van der Waals surface area contributed by atoms with Crippen LogP contribution in [0.4, 0.5) is 0 Å². The minimum atomic E-state index is -0.0256. The average Bonchev–Trinajstić information content (AvgIpc) is 2.26. The van der Waals surface area contributed by atoms with Gasteiger partial charge in [0.25, 0.3) is 5.91 Å². The van der Waals surface area contributed by atoms with E-state index in [0.29, 0.717) is 6.54 Å². The number of alkyl halides is 1. The van der Waals surface area contributed by atoms with Crippen LogP contribution in [-0.4, -0.2) is 17.8 Å². The van der Waals surface area contributed by atoms with Crippen LogP contribution in [0.15, 0.2) is 18.2 Å². The predicted octanol–water partition coefficient (Wildman–Crippen LogP) is 3.44. The van der Waals surface area contributed by atoms with Crippen molar-refractivity contribution in [1.29, 1.82) is 0 Å². The zero-order valence-electron chi connectivity index (χ0n) is 10.7. The maximum atomic E-state index is 12.0. The lowest BCUT2D eigenvalue weighted by Crippen LogP contribution is -2.30. The minimum Gasteiger partial charge on any atom is -0.351 e. The highest BCUT2D eigenvalue weighted by atomic mass is 35.5. The number of amides is 1. The third-order valence-electron chi connectivity index (χ3n) is 2.79. The number of benzene rings is 1. The molecule has 1 unspecified atom stereocenters. The molecule has 0 aliphatic heterocycles. The molecule has 0 saturated carbocycles. The monoisotopic (exact) mass is 253 g/mol. The molecule has 0 bridgehead atoms. The maximum absolute atomic E-state index is 12.0. The van der Waals surface area contributed by atoms with Gasteiger partial charge < -0.3 is 5.32 Å². The summed E-state index contributed by atoms with van der Waals surface area (Å²) in [5, 5.41) is 2.92. The second kappa shape index (κ2) is 6.65. The largest absolute Gasteiger partial charge is 0.351 e. The van der Waals surface area contributed by atoms with Crippen LogP contribution >= 0.6 is 11.6 Å². The zero-order chi connectivity index (χ0) is 12.8. The molecule has 1 rings (SSSR count). The van der Waals surface area contributed by atoms with Crippen molar-refractivity contribution in [2.45, 2.75) is 39.0 Å². The van der Waals surface area contributed by atoms with E-state index in [-0.39, 0.29) is 11.3 Å². The zero-order valence-corrected chi connectivity index (χ0v) is 11.5. The summed E-state index contributed by atoms with van der Waals surface area (Å²) in [5.41, 5.74) is 2.78. The van der Waals surface area contributed by atoms with E-state index >= 15 is 0 Å². The first-order chi connectivity index (χ1) is 8.06. The third kappa shape index (κ3) is 4.04. The molecule has 0 aliphatic rings. The molecular weight excluding hydrogens is 234 g/mol. The van der Waals surface area contributed by atoms with Crippen LogP contribution in [-0.2, 0) is 0 Å². The Morgan fingerprint density at radius 2 is 1.94 bits per heavy atom. The molecule has 1 atom stereocenters. The Labute approximate surface area is 108 Å². The summed E-state index contributed by atoms with van der Waals surface area (Å²) in [6.45, 7) is 6.52. The van der Waals surface area contributed by atoms with Gasteiger partial charge in [0.05, 0.1) is 5.38 Å². The summed E-state index contributed by atoms with van der Waals surface area (Å²) < 4.78 is 0. The molecule has 94 valence electrons. The molecular formula is C14H20ClNO. The van der Waals surface area contributed by atoms with E-state index in [1.54, 1.807) is 0 Å². The van der Waals surface area contributed by atoms with E-state index in [1.807, 2.05) is 32.0 Å². The molecule has 0 aliphatic carbocycles. The Morgan fingerprint density at radius 3 is 2.47 bits per heavy atom. The van der Waals surface area contributed by atoms with Crippen molar-refractivity contribution in [2.24, 2.45) is 0 Å². The lowest BCUT2D eigenvalue weighted by atomic mass is 10.0. The highest BCUT2D eigenvalue weighted by Gasteiger charge is 2.12. The summed E-state index contributed by atoms with van der Waals surface area (Å²) in [7, 11) is 0. The summed E-state index contributed by atoms with van der Waals surface area (Å²) in [6.07, 6.45) is 1.96. The van der Waals surface area contributed by atoms with Crippen LogP contribution in [0.2, 0.25) is 0 Å². The van der Waals surface area contributed by atoms with E-state index in [2.05, 4.69) is 12.2 Å². The van der Waals surface area contributed by atoms with E-state index in [9.17, 15) is 4.79 Å². The van der Waals surface area contributed by atoms with Gasteiger partial charge in [-0.15, -0.1) is 11.6 Å². The molecule has 1 aromatic carbocycles. The summed E-state index contributed by atoms with van der Waals surface area (Å²) in [4.78, 5) is 12.0. The van der Waals surface area contributed by atoms with Crippen molar-refractivity contribution in [3.8, 4) is 0 Å². The molecule has 1 amide bonds. The minimum absolute atomic E-state index is 0.0216. The summed E-state index contributed by atoms with van der Waals surface area (Å²) in [6, 6.07) is 5.86. The van der Waals surface area contributed by atoms with E-state index in [4.69, 9.17) is 11.6 Å². The van der Waals surface area contributed by atoms with Gasteiger partial charge in [-0.2, -0.15) is 0 Å². The van der Waals surface area contributed by atoms with Gasteiger partial charge in [0, 0.05) is 12.1 Å². The number of aryl methyl sites for hydroxylation is 2. The first-order valence-corrected chi connectivity index (χ1v) is 6.48. The Bertz CT molecular complexity index is 370. The van der Waals surface area contributed by atoms with Crippen LogP contribution in [0.5, 0.6) is 0 Å². The maximum Gasteiger partial charge on any atom is 0.251 e. The topological polar surface area (TPSA) is 29.1 Å². The van der Waals surface area contributed by atoms with Gasteiger partial charge in [-0.1, -0.05) is 31.5 Å². The summed E-state index contributed by atoms with van der Waals surface area (Å²) in [5.74, 6) is -0.0256. The molecule has 0 fully saturated rings. The smallest absolute Gasteiger partial charge is 0.251 e. The molecule has 0 heterocycles. The number of carbonyl (C=O) groups excluding carboxylic acids is 1. The first-order valence-electron chi connectivity index (χ1n) is 6.04. The summed E-state index contributed by atoms with van der Waals surface area (Å²) >= 11 is 6.08. The van der Waals surface area contributed by atoms with Gasteiger partial charge in [-0.3, -0.25) is 4.79 Å². The second-order valence-electron chi connectivity index (χ2n) is 4.36. The molecule has 17 heavy (non-hydrogen) atoms. The van der Waals surface area contributed by atoms with Crippen LogP contribution < -0.4 is 5.32 Å². The molecule has 2 nitrogen and oxygen atoms in total. The third-order valence-corrected chi connectivity index (χ3v) is 3.17. The number of hydrogen-bond acceptors (Lipinski definition) is 1. The number of hydrogen-bond donors (Lipinski definition) is 1. The molecule has 1 aromatic rings. The standard InChI is InChI=1S/C14H20ClNO/c1-4-6-12(15)9-16-14(17)13-10(2)7-5-8-11(13)3/h5,7-8,12H,4,6,9H2,1-3H3,(H,16,17). The molecule has 1 N–H and O–H groups in total. The first kappa shape index (κ1) is 14.0. The predicted molar refractivity (Wildman–Crippen MR) is 72.8 cm³/mol. The van der Waals surface area contributed by atoms with Gasteiger partial charge in [-0.05, 0) is 31.4 Å². The van der Waals surface area contributed by atoms with Crippen LogP contribution in [0.25, 0.3) is 0 Å². The van der Waals surface area contributed by atoms with Crippen LogP contribution in [0.3, 0.4) is 0 Å². The SMILES string of the molecule is CCCC(Cl)CNC(=O)c1c(C)cccc1C. The highest BCUT2D eigenvalue weighted by molar-refractivity contribution is 6.20.